The van der Waals surface area contributed by atoms with Crippen molar-refractivity contribution in [1.82, 2.24) is 5.32 Å². The second-order valence-electron chi connectivity index (χ2n) is 7.01. The number of rotatable bonds is 7. The molecule has 1 fully saturated rings. The van der Waals surface area contributed by atoms with Crippen molar-refractivity contribution in [1.29, 1.82) is 0 Å². The zero-order chi connectivity index (χ0) is 22.3. The van der Waals surface area contributed by atoms with Gasteiger partial charge in [-0.2, -0.15) is 0 Å². The first-order valence-corrected chi connectivity index (χ1v) is 10.7. The minimum absolute atomic E-state index is 0. The van der Waals surface area contributed by atoms with Crippen LogP contribution in [0.25, 0.3) is 6.08 Å². The fraction of sp³-hybridized carbons (Fsp3) is 0.0800. The number of carbonyl (C=O) groups excluding carboxylic acids is 2. The van der Waals surface area contributed by atoms with E-state index < -0.39 is 5.97 Å². The van der Waals surface area contributed by atoms with Crippen LogP contribution in [0.4, 0.5) is 5.69 Å². The number of hydrogen-bond acceptors (Lipinski definition) is 6. The van der Waals surface area contributed by atoms with Gasteiger partial charge in [0.1, 0.15) is 12.4 Å². The normalized spacial score (nSPS) is 15.2. The molecule has 0 radical (unpaired) electrons. The molecule has 1 saturated heterocycles. The van der Waals surface area contributed by atoms with E-state index in [1.54, 1.807) is 30.3 Å². The Kier molecular flexibility index (Phi) is 8.91. The maximum absolute atomic E-state index is 12.5. The van der Waals surface area contributed by atoms with E-state index in [9.17, 15) is 14.7 Å². The monoisotopic (exact) mass is 466 g/mol. The number of nitrogens with one attached hydrogen (secondary N) is 1. The molecule has 6 nitrogen and oxygen atoms in total. The zero-order valence-corrected chi connectivity index (χ0v) is 20.8. The first-order chi connectivity index (χ1) is 15.6. The van der Waals surface area contributed by atoms with E-state index in [1.807, 2.05) is 54.6 Å². The summed E-state index contributed by atoms with van der Waals surface area (Å²) in [5.74, 6) is -0.684. The Balaban J connectivity index is 0.00000306. The number of nitrogens with zero attached hydrogens (tertiary/aromatic N) is 1. The molecule has 0 unspecified atom stereocenters. The summed E-state index contributed by atoms with van der Waals surface area (Å²) in [4.78, 5) is 28.1. The number of amidine groups is 1. The van der Waals surface area contributed by atoms with E-state index in [2.05, 4.69) is 10.3 Å². The molecule has 1 aliphatic rings. The molecule has 1 N–H and O–H groups in total. The molecule has 0 saturated carbocycles. The molecule has 1 aliphatic heterocycles. The molecule has 1 amide bonds. The average Bonchev–Trinajstić information content (AvgIpc) is 3.13. The summed E-state index contributed by atoms with van der Waals surface area (Å²) in [5.41, 5.74) is 3.10. The molecule has 8 heteroatoms. The number of carbonyl (C=O) groups is 2. The number of hydrogen-bond donors (Lipinski definition) is 1. The Morgan fingerprint density at radius 2 is 1.67 bits per heavy atom. The Labute approximate surface area is 218 Å². The second kappa shape index (κ2) is 11.9. The van der Waals surface area contributed by atoms with Crippen LogP contribution in [0.2, 0.25) is 0 Å². The van der Waals surface area contributed by atoms with Gasteiger partial charge in [0.25, 0.3) is 5.91 Å². The van der Waals surface area contributed by atoms with Crippen molar-refractivity contribution < 1.29 is 49.0 Å². The number of aliphatic imine (C=N–C) groups is 1. The van der Waals surface area contributed by atoms with Crippen LogP contribution in [-0.4, -0.2) is 17.0 Å². The molecule has 4 rings (SSSR count). The predicted molar refractivity (Wildman–Crippen MR) is 123 cm³/mol. The summed E-state index contributed by atoms with van der Waals surface area (Å²) in [6.45, 7) is 0.432. The summed E-state index contributed by atoms with van der Waals surface area (Å²) in [6.07, 6.45) is 1.63. The number of amides is 1. The summed E-state index contributed by atoms with van der Waals surface area (Å²) in [7, 11) is 0. The van der Waals surface area contributed by atoms with Crippen molar-refractivity contribution >= 4 is 40.6 Å². The number of para-hydroxylation sites is 1. The van der Waals surface area contributed by atoms with Crippen LogP contribution in [-0.2, 0) is 22.6 Å². The number of carboxylic acid groups (broad SMARTS) is 1. The topological polar surface area (TPSA) is 90.8 Å². The molecule has 33 heavy (non-hydrogen) atoms. The third kappa shape index (κ3) is 7.07. The quantitative estimate of drug-likeness (QED) is 0.404. The van der Waals surface area contributed by atoms with Crippen LogP contribution >= 0.6 is 11.8 Å². The molecule has 0 bridgehead atoms. The van der Waals surface area contributed by atoms with Crippen molar-refractivity contribution in [2.45, 2.75) is 13.0 Å². The fourth-order valence-corrected chi connectivity index (χ4v) is 3.89. The number of carboxylic acids is 1. The van der Waals surface area contributed by atoms with Gasteiger partial charge < -0.3 is 20.0 Å². The molecule has 0 aliphatic carbocycles. The number of thioether (sulfide) groups is 1. The Morgan fingerprint density at radius 3 is 2.39 bits per heavy atom. The average molecular weight is 466 g/mol. The summed E-state index contributed by atoms with van der Waals surface area (Å²) < 4.78 is 5.97. The molecular formula is C25H19N2NaO4S. The van der Waals surface area contributed by atoms with Crippen molar-refractivity contribution in [2.24, 2.45) is 4.99 Å². The van der Waals surface area contributed by atoms with Gasteiger partial charge in [-0.15, -0.1) is 0 Å². The minimum Gasteiger partial charge on any atom is -0.550 e. The van der Waals surface area contributed by atoms with Gasteiger partial charge in [-0.1, -0.05) is 60.7 Å². The Hall–Kier alpha value is -2.84. The van der Waals surface area contributed by atoms with Crippen LogP contribution in [0.3, 0.4) is 0 Å². The Morgan fingerprint density at radius 1 is 0.970 bits per heavy atom. The van der Waals surface area contributed by atoms with Gasteiger partial charge in [-0.25, -0.2) is 4.99 Å². The molecule has 1 heterocycles. The standard InChI is InChI=1S/C25H20N2O4S.Na/c28-23(29)14-17-10-12-20(13-11-17)26-25-27-24(30)22(32-25)15-19-8-4-5-9-21(19)31-16-18-6-2-1-3-7-18;/h1-13,15H,14,16H2,(H,28,29)(H,26,27,30);/q;+1/p-1. The SMILES string of the molecule is O=C([O-])Cc1ccc(N=C2NC(=O)C(=Cc3ccccc3OCc3ccccc3)S2)cc1.[Na+]. The first kappa shape index (κ1) is 24.8. The molecule has 3 aromatic rings. The number of benzene rings is 3. The molecule has 0 spiro atoms. The molecular weight excluding hydrogens is 447 g/mol. The van der Waals surface area contributed by atoms with Crippen LogP contribution in [0.1, 0.15) is 16.7 Å². The van der Waals surface area contributed by atoms with E-state index in [-0.39, 0.29) is 41.9 Å². The van der Waals surface area contributed by atoms with Crippen molar-refractivity contribution in [2.75, 3.05) is 0 Å². The van der Waals surface area contributed by atoms with Gasteiger partial charge in [-0.05, 0) is 47.2 Å². The van der Waals surface area contributed by atoms with Gasteiger partial charge in [0.05, 0.1) is 10.6 Å². The van der Waals surface area contributed by atoms with Gasteiger partial charge in [0, 0.05) is 18.0 Å². The summed E-state index contributed by atoms with van der Waals surface area (Å²) in [6, 6.07) is 24.2. The first-order valence-electron chi connectivity index (χ1n) is 9.91. The molecule has 3 aromatic carbocycles. The van der Waals surface area contributed by atoms with Gasteiger partial charge >= 0.3 is 29.6 Å². The predicted octanol–water partition coefficient (Wildman–Crippen LogP) is 0.454. The van der Waals surface area contributed by atoms with Gasteiger partial charge in [0.15, 0.2) is 5.17 Å². The molecule has 0 aromatic heterocycles. The van der Waals surface area contributed by atoms with Gasteiger partial charge in [0.2, 0.25) is 0 Å². The maximum Gasteiger partial charge on any atom is 1.00 e. The maximum atomic E-state index is 12.5. The summed E-state index contributed by atoms with van der Waals surface area (Å²) in [5, 5.41) is 13.9. The molecule has 160 valence electrons. The fourth-order valence-electron chi connectivity index (χ4n) is 3.06. The minimum atomic E-state index is -1.13. The van der Waals surface area contributed by atoms with Crippen molar-refractivity contribution in [3.63, 3.8) is 0 Å². The third-order valence-electron chi connectivity index (χ3n) is 4.61. The van der Waals surface area contributed by atoms with E-state index in [4.69, 9.17) is 4.74 Å². The number of aliphatic carboxylic acids is 1. The smallest absolute Gasteiger partial charge is 0.550 e. The van der Waals surface area contributed by atoms with Gasteiger partial charge in [-0.3, -0.25) is 4.79 Å². The van der Waals surface area contributed by atoms with Crippen LogP contribution in [0.15, 0.2) is 88.8 Å². The van der Waals surface area contributed by atoms with Crippen molar-refractivity contribution in [3.05, 3.63) is 100 Å². The Bertz CT molecular complexity index is 1190. The van der Waals surface area contributed by atoms with Crippen LogP contribution < -0.4 is 44.7 Å². The van der Waals surface area contributed by atoms with Crippen LogP contribution in [0.5, 0.6) is 5.75 Å². The third-order valence-corrected chi connectivity index (χ3v) is 5.52. The van der Waals surface area contributed by atoms with E-state index in [1.165, 1.54) is 11.8 Å². The zero-order valence-electron chi connectivity index (χ0n) is 18.0. The summed E-state index contributed by atoms with van der Waals surface area (Å²) >= 11 is 1.24. The van der Waals surface area contributed by atoms with Crippen LogP contribution in [0, 0.1) is 0 Å². The van der Waals surface area contributed by atoms with E-state index in [0.29, 0.717) is 33.7 Å². The largest absolute Gasteiger partial charge is 1.00 e. The number of ether oxygens (including phenoxy) is 1. The molecule has 0 atom stereocenters. The second-order valence-corrected chi connectivity index (χ2v) is 8.04. The van der Waals surface area contributed by atoms with E-state index >= 15 is 0 Å². The van der Waals surface area contributed by atoms with Crippen molar-refractivity contribution in [3.8, 4) is 5.75 Å². The van der Waals surface area contributed by atoms with E-state index in [0.717, 1.165) is 11.1 Å².